The zero-order chi connectivity index (χ0) is 18.2. The number of carbonyl (C=O) groups is 1. The fourth-order valence-electron chi connectivity index (χ4n) is 2.40. The fraction of sp³-hybridized carbons (Fsp3) is 0.400. The van der Waals surface area contributed by atoms with Crippen LogP contribution in [0.15, 0.2) is 11.8 Å². The van der Waals surface area contributed by atoms with Crippen LogP contribution in [0.1, 0.15) is 19.4 Å². The Morgan fingerprint density at radius 3 is 2.08 bits per heavy atom. The lowest BCUT2D eigenvalue weighted by Gasteiger charge is -2.09. The van der Waals surface area contributed by atoms with Crippen LogP contribution in [0.5, 0.6) is 0 Å². The van der Waals surface area contributed by atoms with Crippen LogP contribution in [-0.2, 0) is 21.0 Å². The number of carbonyl (C=O) groups excluding carboxylic acids is 1. The summed E-state index contributed by atoms with van der Waals surface area (Å²) in [4.78, 5) is 16.6. The van der Waals surface area contributed by atoms with Crippen molar-refractivity contribution >= 4 is 5.97 Å². The summed E-state index contributed by atoms with van der Waals surface area (Å²) in [7, 11) is 1.36. The minimum Gasteiger partial charge on any atom is -0.460 e. The first-order valence-electron chi connectivity index (χ1n) is 6.80. The summed E-state index contributed by atoms with van der Waals surface area (Å²) in [5, 5.41) is 0. The molecule has 132 valence electrons. The number of hydroxylamine groups is 1. The maximum Gasteiger partial charge on any atom is 0.314 e. The van der Waals surface area contributed by atoms with E-state index in [1.807, 2.05) is 0 Å². The van der Waals surface area contributed by atoms with E-state index in [9.17, 15) is 26.7 Å². The van der Waals surface area contributed by atoms with Gasteiger partial charge in [0, 0.05) is 11.6 Å². The molecule has 9 heteroatoms. The van der Waals surface area contributed by atoms with E-state index in [0.717, 1.165) is 0 Å². The maximum atomic E-state index is 13.5. The zero-order valence-corrected chi connectivity index (χ0v) is 13.0. The second-order valence-electron chi connectivity index (χ2n) is 5.73. The summed E-state index contributed by atoms with van der Waals surface area (Å²) < 4.78 is 70.9. The van der Waals surface area contributed by atoms with Gasteiger partial charge in [0.05, 0.1) is 18.6 Å². The molecule has 0 radical (unpaired) electrons. The molecule has 1 unspecified atom stereocenters. The third-order valence-corrected chi connectivity index (χ3v) is 3.92. The maximum absolute atomic E-state index is 13.5. The Morgan fingerprint density at radius 2 is 1.58 bits per heavy atom. The fourth-order valence-corrected chi connectivity index (χ4v) is 2.40. The molecule has 0 aromatic heterocycles. The molecular weight excluding hydrogens is 337 g/mol. The molecule has 24 heavy (non-hydrogen) atoms. The lowest BCUT2D eigenvalue weighted by Crippen LogP contribution is -2.14. The molecule has 1 aromatic rings. The molecule has 1 aliphatic carbocycles. The van der Waals surface area contributed by atoms with E-state index < -0.39 is 58.6 Å². The van der Waals surface area contributed by atoms with E-state index >= 15 is 0 Å². The van der Waals surface area contributed by atoms with Crippen LogP contribution in [0, 0.1) is 40.4 Å². The molecule has 0 spiro atoms. The van der Waals surface area contributed by atoms with Crippen LogP contribution in [0.2, 0.25) is 0 Å². The number of esters is 1. The number of halogens is 5. The third-order valence-electron chi connectivity index (χ3n) is 3.92. The lowest BCUT2D eigenvalue weighted by atomic mass is 10.1. The second-order valence-corrected chi connectivity index (χ2v) is 5.73. The van der Waals surface area contributed by atoms with Crippen molar-refractivity contribution in [2.24, 2.45) is 11.3 Å². The first-order chi connectivity index (χ1) is 11.1. The van der Waals surface area contributed by atoms with E-state index in [-0.39, 0.29) is 0 Å². The molecule has 1 aromatic carbocycles. The van der Waals surface area contributed by atoms with Gasteiger partial charge in [-0.2, -0.15) is 0 Å². The Bertz CT molecular complexity index is 689. The van der Waals surface area contributed by atoms with Gasteiger partial charge in [-0.05, 0) is 5.57 Å². The van der Waals surface area contributed by atoms with Gasteiger partial charge in [0.25, 0.3) is 0 Å². The van der Waals surface area contributed by atoms with Crippen LogP contribution in [-0.4, -0.2) is 13.1 Å². The average Bonchev–Trinajstić information content (AvgIpc) is 3.09. The van der Waals surface area contributed by atoms with Gasteiger partial charge in [-0.3, -0.25) is 15.1 Å². The van der Waals surface area contributed by atoms with Crippen LogP contribution < -0.4 is 5.48 Å². The highest BCUT2D eigenvalue weighted by Crippen LogP contribution is 2.58. The van der Waals surface area contributed by atoms with Gasteiger partial charge in [0.15, 0.2) is 23.3 Å². The van der Waals surface area contributed by atoms with Gasteiger partial charge in [-0.15, -0.1) is 0 Å². The van der Waals surface area contributed by atoms with Crippen molar-refractivity contribution in [1.82, 2.24) is 5.48 Å². The largest absolute Gasteiger partial charge is 0.460 e. The molecule has 2 rings (SSSR count). The summed E-state index contributed by atoms with van der Waals surface area (Å²) in [5.41, 5.74) is 1.28. The molecule has 1 atom stereocenters. The molecule has 0 amide bonds. The quantitative estimate of drug-likeness (QED) is 0.291. The number of hydrogen-bond donors (Lipinski definition) is 1. The molecule has 0 bridgehead atoms. The standard InChI is InChI=1S/C15H14F5NO3/c1-15(2)7(4-21-23-3)8(15)14(22)24-5-6-9(16)11(18)13(20)12(19)10(6)17/h4,8,21H,5H2,1-3H3. The minimum atomic E-state index is -2.26. The molecule has 0 saturated heterocycles. The first-order valence-corrected chi connectivity index (χ1v) is 6.80. The average molecular weight is 351 g/mol. The van der Waals surface area contributed by atoms with Crippen LogP contribution in [0.3, 0.4) is 0 Å². The molecule has 4 nitrogen and oxygen atoms in total. The van der Waals surface area contributed by atoms with E-state index in [0.29, 0.717) is 5.57 Å². The van der Waals surface area contributed by atoms with Crippen molar-refractivity contribution in [2.75, 3.05) is 7.11 Å². The van der Waals surface area contributed by atoms with Crippen LogP contribution >= 0.6 is 0 Å². The Kier molecular flexibility index (Phi) is 4.84. The SMILES string of the molecule is CONC=C1C(C(=O)OCc2c(F)c(F)c(F)c(F)c2F)C1(C)C. The molecule has 1 aliphatic rings. The highest BCUT2D eigenvalue weighted by Gasteiger charge is 2.58. The van der Waals surface area contributed by atoms with Crippen molar-refractivity contribution in [3.63, 3.8) is 0 Å². The smallest absolute Gasteiger partial charge is 0.314 e. The van der Waals surface area contributed by atoms with Gasteiger partial charge in [0.2, 0.25) is 5.82 Å². The molecule has 0 heterocycles. The van der Waals surface area contributed by atoms with E-state index in [4.69, 9.17) is 4.74 Å². The highest BCUT2D eigenvalue weighted by atomic mass is 19.2. The zero-order valence-electron chi connectivity index (χ0n) is 13.0. The summed E-state index contributed by atoms with van der Waals surface area (Å²) in [5.74, 6) is -12.0. The number of rotatable bonds is 5. The van der Waals surface area contributed by atoms with Crippen LogP contribution in [0.25, 0.3) is 0 Å². The molecule has 0 aliphatic heterocycles. The van der Waals surface area contributed by atoms with Crippen molar-refractivity contribution in [2.45, 2.75) is 20.5 Å². The lowest BCUT2D eigenvalue weighted by molar-refractivity contribution is -0.147. The summed E-state index contributed by atoms with van der Waals surface area (Å²) in [6.07, 6.45) is 1.43. The highest BCUT2D eigenvalue weighted by molar-refractivity contribution is 5.83. The van der Waals surface area contributed by atoms with Crippen LogP contribution in [0.4, 0.5) is 22.0 Å². The predicted molar refractivity (Wildman–Crippen MR) is 71.5 cm³/mol. The van der Waals surface area contributed by atoms with Crippen molar-refractivity contribution in [3.05, 3.63) is 46.4 Å². The number of hydrogen-bond acceptors (Lipinski definition) is 4. The van der Waals surface area contributed by atoms with Gasteiger partial charge in [-0.1, -0.05) is 13.8 Å². The molecular formula is C15H14F5NO3. The van der Waals surface area contributed by atoms with E-state index in [1.54, 1.807) is 13.8 Å². The second kappa shape index (κ2) is 6.39. The van der Waals surface area contributed by atoms with Gasteiger partial charge >= 0.3 is 5.97 Å². The number of nitrogens with one attached hydrogen (secondary N) is 1. The Labute approximate surface area is 134 Å². The third kappa shape index (κ3) is 2.95. The summed E-state index contributed by atoms with van der Waals surface area (Å²) in [6.45, 7) is 2.38. The Balaban J connectivity index is 2.14. The molecule has 1 fully saturated rings. The molecule has 1 saturated carbocycles. The van der Waals surface area contributed by atoms with E-state index in [2.05, 4.69) is 10.3 Å². The Morgan fingerprint density at radius 1 is 1.08 bits per heavy atom. The topological polar surface area (TPSA) is 47.6 Å². The van der Waals surface area contributed by atoms with E-state index in [1.165, 1.54) is 13.3 Å². The van der Waals surface area contributed by atoms with Crippen molar-refractivity contribution in [1.29, 1.82) is 0 Å². The monoisotopic (exact) mass is 351 g/mol. The van der Waals surface area contributed by atoms with Gasteiger partial charge < -0.3 is 4.74 Å². The van der Waals surface area contributed by atoms with Crippen molar-refractivity contribution in [3.8, 4) is 0 Å². The first kappa shape index (κ1) is 18.2. The Hall–Kier alpha value is -2.16. The summed E-state index contributed by atoms with van der Waals surface area (Å²) in [6, 6.07) is 0. The van der Waals surface area contributed by atoms with Gasteiger partial charge in [0.1, 0.15) is 6.61 Å². The number of ether oxygens (including phenoxy) is 1. The molecule has 1 N–H and O–H groups in total. The summed E-state index contributed by atoms with van der Waals surface area (Å²) >= 11 is 0. The van der Waals surface area contributed by atoms with Gasteiger partial charge in [-0.25, -0.2) is 22.0 Å². The minimum absolute atomic E-state index is 0.570. The normalized spacial score (nSPS) is 20.2. The predicted octanol–water partition coefficient (Wildman–Crippen LogP) is 3.12. The van der Waals surface area contributed by atoms with Crippen molar-refractivity contribution < 1.29 is 36.3 Å². The number of benzene rings is 1.